The summed E-state index contributed by atoms with van der Waals surface area (Å²) >= 11 is 0. The molecule has 1 aromatic heterocycles. The molecule has 2 rings (SSSR count). The number of carbonyl (C=O) groups is 1. The molecule has 1 atom stereocenters. The van der Waals surface area contributed by atoms with Crippen molar-refractivity contribution in [3.05, 3.63) is 30.1 Å². The highest BCUT2D eigenvalue weighted by Gasteiger charge is 2.41. The van der Waals surface area contributed by atoms with Crippen molar-refractivity contribution < 1.29 is 4.79 Å². The van der Waals surface area contributed by atoms with Crippen LogP contribution in [0.25, 0.3) is 0 Å². The molecule has 1 N–H and O–H groups in total. The van der Waals surface area contributed by atoms with Crippen LogP contribution in [0, 0.1) is 0 Å². The Labute approximate surface area is 121 Å². The van der Waals surface area contributed by atoms with Crippen molar-refractivity contribution in [2.75, 3.05) is 20.1 Å². The van der Waals surface area contributed by atoms with Gasteiger partial charge in [-0.05, 0) is 37.9 Å². The topological polar surface area (TPSA) is 45.2 Å². The molecule has 0 saturated carbocycles. The van der Waals surface area contributed by atoms with Crippen LogP contribution >= 0.6 is 0 Å². The molecule has 1 saturated heterocycles. The largest absolute Gasteiger partial charge is 0.344 e. The van der Waals surface area contributed by atoms with Crippen molar-refractivity contribution in [1.82, 2.24) is 15.2 Å². The summed E-state index contributed by atoms with van der Waals surface area (Å²) in [7, 11) is 1.91. The van der Waals surface area contributed by atoms with E-state index in [-0.39, 0.29) is 11.4 Å². The van der Waals surface area contributed by atoms with Gasteiger partial charge in [0, 0.05) is 31.9 Å². The van der Waals surface area contributed by atoms with Gasteiger partial charge < -0.3 is 10.2 Å². The Balaban J connectivity index is 1.93. The van der Waals surface area contributed by atoms with Crippen LogP contribution in [-0.2, 0) is 11.2 Å². The van der Waals surface area contributed by atoms with Gasteiger partial charge in [-0.3, -0.25) is 9.78 Å². The van der Waals surface area contributed by atoms with Crippen molar-refractivity contribution in [2.45, 2.75) is 44.6 Å². The van der Waals surface area contributed by atoms with E-state index in [2.05, 4.69) is 17.2 Å². The zero-order chi connectivity index (χ0) is 14.4. The zero-order valence-electron chi connectivity index (χ0n) is 12.6. The molecule has 1 unspecified atom stereocenters. The SMILES string of the molecule is CCCC1(C(=O)N(C)CCc2ccccn2)CCCN1. The molecule has 2 heterocycles. The molecular formula is C16H25N3O. The van der Waals surface area contributed by atoms with Gasteiger partial charge in [0.15, 0.2) is 0 Å². The summed E-state index contributed by atoms with van der Waals surface area (Å²) in [5.41, 5.74) is 0.726. The standard InChI is InChI=1S/C16H25N3O/c1-3-9-16(10-6-12-18-16)15(20)19(2)13-8-14-7-4-5-11-17-14/h4-5,7,11,18H,3,6,8-10,12-13H2,1-2H3. The first-order chi connectivity index (χ1) is 9.68. The molecular weight excluding hydrogens is 250 g/mol. The predicted molar refractivity (Wildman–Crippen MR) is 80.5 cm³/mol. The number of aromatic nitrogens is 1. The van der Waals surface area contributed by atoms with Gasteiger partial charge in [0.25, 0.3) is 0 Å². The van der Waals surface area contributed by atoms with Gasteiger partial charge >= 0.3 is 0 Å². The highest BCUT2D eigenvalue weighted by molar-refractivity contribution is 5.86. The quantitative estimate of drug-likeness (QED) is 0.863. The normalized spacial score (nSPS) is 21.9. The minimum absolute atomic E-state index is 0.243. The average molecular weight is 275 g/mol. The van der Waals surface area contributed by atoms with Gasteiger partial charge in [0.05, 0.1) is 5.54 Å². The maximum absolute atomic E-state index is 12.7. The first-order valence-electron chi connectivity index (χ1n) is 7.58. The van der Waals surface area contributed by atoms with Crippen LogP contribution in [0.15, 0.2) is 24.4 Å². The maximum atomic E-state index is 12.7. The van der Waals surface area contributed by atoms with Crippen LogP contribution in [0.5, 0.6) is 0 Å². The fourth-order valence-electron chi connectivity index (χ4n) is 3.03. The number of nitrogens with one attached hydrogen (secondary N) is 1. The van der Waals surface area contributed by atoms with E-state index in [9.17, 15) is 4.79 Å². The number of hydrogen-bond donors (Lipinski definition) is 1. The van der Waals surface area contributed by atoms with Gasteiger partial charge in [-0.1, -0.05) is 19.4 Å². The Bertz CT molecular complexity index is 427. The van der Waals surface area contributed by atoms with E-state index in [1.165, 1.54) is 0 Å². The molecule has 4 nitrogen and oxygen atoms in total. The first kappa shape index (κ1) is 15.0. The number of likely N-dealkylation sites (N-methyl/N-ethyl adjacent to an activating group) is 1. The number of amides is 1. The van der Waals surface area contributed by atoms with Crippen molar-refractivity contribution in [3.8, 4) is 0 Å². The second kappa shape index (κ2) is 6.84. The molecule has 0 aromatic carbocycles. The molecule has 4 heteroatoms. The highest BCUT2D eigenvalue weighted by atomic mass is 16.2. The number of hydrogen-bond acceptors (Lipinski definition) is 3. The summed E-state index contributed by atoms with van der Waals surface area (Å²) in [6, 6.07) is 5.91. The summed E-state index contributed by atoms with van der Waals surface area (Å²) in [6.45, 7) is 3.83. The Morgan fingerprint density at radius 1 is 1.50 bits per heavy atom. The maximum Gasteiger partial charge on any atom is 0.242 e. The summed E-state index contributed by atoms with van der Waals surface area (Å²) in [6.07, 6.45) is 6.64. The van der Waals surface area contributed by atoms with Gasteiger partial charge in [-0.2, -0.15) is 0 Å². The summed E-state index contributed by atoms with van der Waals surface area (Å²) in [5.74, 6) is 0.243. The third-order valence-corrected chi connectivity index (χ3v) is 4.11. The van der Waals surface area contributed by atoms with Crippen molar-refractivity contribution in [3.63, 3.8) is 0 Å². The van der Waals surface area contributed by atoms with Crippen LogP contribution in [0.1, 0.15) is 38.3 Å². The fraction of sp³-hybridized carbons (Fsp3) is 0.625. The lowest BCUT2D eigenvalue weighted by Gasteiger charge is -2.32. The van der Waals surface area contributed by atoms with E-state index in [0.717, 1.165) is 50.9 Å². The second-order valence-corrected chi connectivity index (χ2v) is 5.66. The van der Waals surface area contributed by atoms with E-state index in [4.69, 9.17) is 0 Å². The highest BCUT2D eigenvalue weighted by Crippen LogP contribution is 2.26. The molecule has 110 valence electrons. The molecule has 0 aliphatic carbocycles. The van der Waals surface area contributed by atoms with E-state index in [0.29, 0.717) is 0 Å². The third kappa shape index (κ3) is 3.37. The third-order valence-electron chi connectivity index (χ3n) is 4.11. The molecule has 1 fully saturated rings. The molecule has 1 aromatic rings. The summed E-state index contributed by atoms with van der Waals surface area (Å²) in [5, 5.41) is 3.44. The average Bonchev–Trinajstić information content (AvgIpc) is 2.95. The van der Waals surface area contributed by atoms with Crippen molar-refractivity contribution in [2.24, 2.45) is 0 Å². The Morgan fingerprint density at radius 3 is 2.95 bits per heavy atom. The fourth-order valence-corrected chi connectivity index (χ4v) is 3.03. The number of carbonyl (C=O) groups excluding carboxylic acids is 1. The lowest BCUT2D eigenvalue weighted by Crippen LogP contribution is -2.54. The van der Waals surface area contributed by atoms with Gasteiger partial charge in [0.2, 0.25) is 5.91 Å². The number of pyridine rings is 1. The smallest absolute Gasteiger partial charge is 0.242 e. The number of nitrogens with zero attached hydrogens (tertiary/aromatic N) is 2. The monoisotopic (exact) mass is 275 g/mol. The van der Waals surface area contributed by atoms with Gasteiger partial charge in [-0.15, -0.1) is 0 Å². The van der Waals surface area contributed by atoms with Gasteiger partial charge in [0.1, 0.15) is 0 Å². The second-order valence-electron chi connectivity index (χ2n) is 5.66. The van der Waals surface area contributed by atoms with E-state index in [1.807, 2.05) is 30.1 Å². The minimum atomic E-state index is -0.312. The van der Waals surface area contributed by atoms with E-state index < -0.39 is 0 Å². The van der Waals surface area contributed by atoms with Crippen LogP contribution in [0.3, 0.4) is 0 Å². The van der Waals surface area contributed by atoms with Crippen LogP contribution in [0.2, 0.25) is 0 Å². The Hall–Kier alpha value is -1.42. The molecule has 1 aliphatic rings. The lowest BCUT2D eigenvalue weighted by molar-refractivity contribution is -0.136. The lowest BCUT2D eigenvalue weighted by atomic mass is 9.90. The first-order valence-corrected chi connectivity index (χ1v) is 7.58. The van der Waals surface area contributed by atoms with E-state index in [1.54, 1.807) is 6.20 Å². The summed E-state index contributed by atoms with van der Waals surface area (Å²) < 4.78 is 0. The van der Waals surface area contributed by atoms with Crippen LogP contribution < -0.4 is 5.32 Å². The number of rotatable bonds is 6. The molecule has 1 amide bonds. The molecule has 0 bridgehead atoms. The Kier molecular flexibility index (Phi) is 5.12. The van der Waals surface area contributed by atoms with Crippen molar-refractivity contribution >= 4 is 5.91 Å². The van der Waals surface area contributed by atoms with Crippen molar-refractivity contribution in [1.29, 1.82) is 0 Å². The van der Waals surface area contributed by atoms with Crippen LogP contribution in [-0.4, -0.2) is 41.5 Å². The molecule has 20 heavy (non-hydrogen) atoms. The van der Waals surface area contributed by atoms with Gasteiger partial charge in [-0.25, -0.2) is 0 Å². The zero-order valence-corrected chi connectivity index (χ0v) is 12.6. The Morgan fingerprint density at radius 2 is 2.35 bits per heavy atom. The predicted octanol–water partition coefficient (Wildman–Crippen LogP) is 2.00. The molecule has 0 spiro atoms. The van der Waals surface area contributed by atoms with Crippen LogP contribution in [0.4, 0.5) is 0 Å². The van der Waals surface area contributed by atoms with E-state index >= 15 is 0 Å². The summed E-state index contributed by atoms with van der Waals surface area (Å²) in [4.78, 5) is 18.9. The molecule has 0 radical (unpaired) electrons. The minimum Gasteiger partial charge on any atom is -0.344 e. The molecule has 1 aliphatic heterocycles.